The van der Waals surface area contributed by atoms with Gasteiger partial charge in [0, 0.05) is 28.5 Å². The molecule has 2 heterocycles. The molecule has 2 aliphatic carbocycles. The normalized spacial score (nSPS) is 15.5. The molecular formula is C24H21N5O2S. The number of pyridine rings is 1. The average Bonchev–Trinajstić information content (AvgIpc) is 3.52. The van der Waals surface area contributed by atoms with E-state index in [0.29, 0.717) is 45.3 Å². The second-order valence-corrected chi connectivity index (χ2v) is 8.53. The highest BCUT2D eigenvalue weighted by Gasteiger charge is 2.24. The predicted molar refractivity (Wildman–Crippen MR) is 128 cm³/mol. The van der Waals surface area contributed by atoms with Crippen molar-refractivity contribution >= 4 is 45.7 Å². The van der Waals surface area contributed by atoms with Crippen LogP contribution in [-0.4, -0.2) is 37.9 Å². The number of aromatic amines is 1. The van der Waals surface area contributed by atoms with E-state index in [1.165, 1.54) is 0 Å². The molecule has 0 bridgehead atoms. The number of hydrogen-bond acceptors (Lipinski definition) is 5. The molecule has 5 rings (SSSR count). The zero-order valence-corrected chi connectivity index (χ0v) is 18.3. The van der Waals surface area contributed by atoms with Crippen LogP contribution in [-0.2, 0) is 4.79 Å². The summed E-state index contributed by atoms with van der Waals surface area (Å²) in [5.74, 6) is 0.0461. The van der Waals surface area contributed by atoms with Gasteiger partial charge in [-0.05, 0) is 55.7 Å². The standard InChI is InChI=1S/C24H21N5O2S/c1-13-6-7-14(23(30)25-15-8-9-15)12-18(13)19-11-10-17-21(26-19)28-29-22(17)27-24(31)16-4-2-3-5-20(16)32/h2-4,6-7,10-12,15H,5,8-9H2,1H3,(H,25,30)(H2,26,27,28,29,31). The minimum absolute atomic E-state index is 0.0638. The molecule has 3 aromatic rings. The van der Waals surface area contributed by atoms with Crippen LogP contribution in [0.1, 0.15) is 35.2 Å². The van der Waals surface area contributed by atoms with Gasteiger partial charge in [0.1, 0.15) is 0 Å². The maximum atomic E-state index is 12.6. The highest BCUT2D eigenvalue weighted by molar-refractivity contribution is 7.81. The fourth-order valence-electron chi connectivity index (χ4n) is 3.60. The van der Waals surface area contributed by atoms with Gasteiger partial charge in [-0.1, -0.05) is 30.4 Å². The van der Waals surface area contributed by atoms with Crippen molar-refractivity contribution in [3.63, 3.8) is 0 Å². The van der Waals surface area contributed by atoms with Gasteiger partial charge in [-0.25, -0.2) is 4.98 Å². The lowest BCUT2D eigenvalue weighted by atomic mass is 10.0. The first kappa shape index (κ1) is 20.3. The second kappa shape index (κ2) is 8.12. The van der Waals surface area contributed by atoms with E-state index in [4.69, 9.17) is 12.2 Å². The molecule has 0 saturated heterocycles. The van der Waals surface area contributed by atoms with Gasteiger partial charge in [0.25, 0.3) is 11.8 Å². The lowest BCUT2D eigenvalue weighted by molar-refractivity contribution is -0.112. The largest absolute Gasteiger partial charge is 0.349 e. The quantitative estimate of drug-likeness (QED) is 0.517. The second-order valence-electron chi connectivity index (χ2n) is 8.03. The molecule has 0 aliphatic heterocycles. The maximum absolute atomic E-state index is 12.6. The Labute approximate surface area is 190 Å². The smallest absolute Gasteiger partial charge is 0.258 e. The van der Waals surface area contributed by atoms with E-state index in [-0.39, 0.29) is 11.8 Å². The van der Waals surface area contributed by atoms with Crippen molar-refractivity contribution in [2.24, 2.45) is 0 Å². The predicted octanol–water partition coefficient (Wildman–Crippen LogP) is 4.02. The summed E-state index contributed by atoms with van der Waals surface area (Å²) in [6.07, 6.45) is 8.12. The van der Waals surface area contributed by atoms with Gasteiger partial charge in [0.15, 0.2) is 11.5 Å². The van der Waals surface area contributed by atoms with E-state index < -0.39 is 0 Å². The Morgan fingerprint density at radius 2 is 2.00 bits per heavy atom. The molecular weight excluding hydrogens is 422 g/mol. The summed E-state index contributed by atoms with van der Waals surface area (Å²) in [5, 5.41) is 13.6. The number of nitrogens with one attached hydrogen (secondary N) is 3. The lowest BCUT2D eigenvalue weighted by Gasteiger charge is -2.10. The molecule has 0 atom stereocenters. The number of hydrogen-bond donors (Lipinski definition) is 3. The zero-order chi connectivity index (χ0) is 22.2. The van der Waals surface area contributed by atoms with E-state index in [9.17, 15) is 9.59 Å². The molecule has 32 heavy (non-hydrogen) atoms. The summed E-state index contributed by atoms with van der Waals surface area (Å²) < 4.78 is 0. The number of nitrogens with zero attached hydrogens (tertiary/aromatic N) is 2. The van der Waals surface area contributed by atoms with Crippen molar-refractivity contribution in [3.8, 4) is 11.3 Å². The number of carbonyl (C=O) groups excluding carboxylic acids is 2. The van der Waals surface area contributed by atoms with Gasteiger partial charge in [0.05, 0.1) is 16.7 Å². The maximum Gasteiger partial charge on any atom is 0.258 e. The summed E-state index contributed by atoms with van der Waals surface area (Å²) in [6.45, 7) is 1.98. The minimum Gasteiger partial charge on any atom is -0.349 e. The van der Waals surface area contributed by atoms with Crippen LogP contribution in [0.3, 0.4) is 0 Å². The summed E-state index contributed by atoms with van der Waals surface area (Å²) in [5.41, 5.74) is 4.24. The monoisotopic (exact) mass is 443 g/mol. The van der Waals surface area contributed by atoms with Crippen molar-refractivity contribution in [1.82, 2.24) is 20.5 Å². The number of carbonyl (C=O) groups is 2. The van der Waals surface area contributed by atoms with Crippen molar-refractivity contribution in [1.29, 1.82) is 0 Å². The van der Waals surface area contributed by atoms with Gasteiger partial charge < -0.3 is 10.6 Å². The van der Waals surface area contributed by atoms with Crippen molar-refractivity contribution < 1.29 is 9.59 Å². The van der Waals surface area contributed by atoms with E-state index in [1.807, 2.05) is 49.4 Å². The van der Waals surface area contributed by atoms with Crippen molar-refractivity contribution in [2.75, 3.05) is 5.32 Å². The highest BCUT2D eigenvalue weighted by atomic mass is 32.1. The number of allylic oxidation sites excluding steroid dienone is 3. The molecule has 7 nitrogen and oxygen atoms in total. The Hall–Kier alpha value is -3.65. The number of thiocarbonyl (C=S) groups is 1. The van der Waals surface area contributed by atoms with Gasteiger partial charge in [-0.3, -0.25) is 14.7 Å². The Kier molecular flexibility index (Phi) is 5.14. The number of fused-ring (bicyclic) bond motifs is 1. The molecule has 2 amide bonds. The summed E-state index contributed by atoms with van der Waals surface area (Å²) >= 11 is 5.28. The molecule has 1 aromatic carbocycles. The van der Waals surface area contributed by atoms with Crippen LogP contribution in [0, 0.1) is 6.92 Å². The molecule has 160 valence electrons. The molecule has 0 spiro atoms. The van der Waals surface area contributed by atoms with Crippen LogP contribution in [0.15, 0.2) is 54.1 Å². The lowest BCUT2D eigenvalue weighted by Crippen LogP contribution is -2.25. The molecule has 8 heteroatoms. The third-order valence-electron chi connectivity index (χ3n) is 5.59. The highest BCUT2D eigenvalue weighted by Crippen LogP contribution is 2.28. The Balaban J connectivity index is 1.42. The number of H-pyrrole nitrogens is 1. The van der Waals surface area contributed by atoms with Crippen LogP contribution in [0.4, 0.5) is 5.82 Å². The molecule has 0 radical (unpaired) electrons. The first-order valence-electron chi connectivity index (χ1n) is 10.5. The number of amides is 2. The third-order valence-corrected chi connectivity index (χ3v) is 5.98. The van der Waals surface area contributed by atoms with Crippen LogP contribution < -0.4 is 10.6 Å². The number of aryl methyl sites for hydroxylation is 1. The van der Waals surface area contributed by atoms with E-state index in [0.717, 1.165) is 29.7 Å². The number of rotatable bonds is 5. The molecule has 2 aromatic heterocycles. The van der Waals surface area contributed by atoms with E-state index in [1.54, 1.807) is 6.08 Å². The van der Waals surface area contributed by atoms with Crippen LogP contribution in [0.2, 0.25) is 0 Å². The first-order valence-corrected chi connectivity index (χ1v) is 10.9. The first-order chi connectivity index (χ1) is 15.5. The molecule has 1 saturated carbocycles. The minimum atomic E-state index is -0.290. The van der Waals surface area contributed by atoms with E-state index in [2.05, 4.69) is 25.8 Å². The van der Waals surface area contributed by atoms with Crippen molar-refractivity contribution in [2.45, 2.75) is 32.2 Å². The fourth-order valence-corrected chi connectivity index (χ4v) is 3.86. The van der Waals surface area contributed by atoms with Crippen LogP contribution >= 0.6 is 12.2 Å². The fraction of sp³-hybridized carbons (Fsp3) is 0.208. The van der Waals surface area contributed by atoms with Gasteiger partial charge in [-0.15, -0.1) is 0 Å². The van der Waals surface area contributed by atoms with Gasteiger partial charge in [-0.2, -0.15) is 5.10 Å². The summed E-state index contributed by atoms with van der Waals surface area (Å²) in [6, 6.07) is 9.65. The molecule has 0 unspecified atom stereocenters. The molecule has 2 aliphatic rings. The van der Waals surface area contributed by atoms with Crippen LogP contribution in [0.25, 0.3) is 22.3 Å². The molecule has 3 N–H and O–H groups in total. The zero-order valence-electron chi connectivity index (χ0n) is 17.4. The molecule has 1 fully saturated rings. The SMILES string of the molecule is Cc1ccc(C(=O)NC2CC2)cc1-c1ccc2c(NC(=O)C3=CC=CCC3=S)n[nH]c2n1. The third kappa shape index (κ3) is 3.97. The topological polar surface area (TPSA) is 99.8 Å². The van der Waals surface area contributed by atoms with Crippen LogP contribution in [0.5, 0.6) is 0 Å². The average molecular weight is 444 g/mol. The Bertz CT molecular complexity index is 1330. The van der Waals surface area contributed by atoms with Gasteiger partial charge >= 0.3 is 0 Å². The number of benzene rings is 1. The van der Waals surface area contributed by atoms with E-state index >= 15 is 0 Å². The Morgan fingerprint density at radius 1 is 1.16 bits per heavy atom. The van der Waals surface area contributed by atoms with Crippen molar-refractivity contribution in [3.05, 3.63) is 65.3 Å². The van der Waals surface area contributed by atoms with Gasteiger partial charge in [0.2, 0.25) is 0 Å². The summed E-state index contributed by atoms with van der Waals surface area (Å²) in [7, 11) is 0. The number of aromatic nitrogens is 3. The summed E-state index contributed by atoms with van der Waals surface area (Å²) in [4.78, 5) is 30.4. The number of anilines is 1. The Morgan fingerprint density at radius 3 is 2.78 bits per heavy atom.